The second kappa shape index (κ2) is 8.45. The molecule has 1 aromatic carbocycles. The first kappa shape index (κ1) is 21.8. The molecule has 0 saturated carbocycles. The third kappa shape index (κ3) is 4.47. The number of rotatable bonds is 3. The lowest BCUT2D eigenvalue weighted by Gasteiger charge is -2.43. The monoisotopic (exact) mass is 415 g/mol. The average molecular weight is 415 g/mol. The summed E-state index contributed by atoms with van der Waals surface area (Å²) in [5.74, 6) is -1.89. The van der Waals surface area contributed by atoms with Crippen LogP contribution in [0.5, 0.6) is 0 Å². The van der Waals surface area contributed by atoms with E-state index in [2.05, 4.69) is 5.32 Å². The molecular weight excluding hydrogens is 386 g/mol. The lowest BCUT2D eigenvalue weighted by Crippen LogP contribution is -2.61. The quantitative estimate of drug-likeness (QED) is 0.763. The van der Waals surface area contributed by atoms with Gasteiger partial charge in [-0.1, -0.05) is 25.1 Å². The van der Waals surface area contributed by atoms with E-state index in [4.69, 9.17) is 4.74 Å². The first-order chi connectivity index (χ1) is 14.1. The molecule has 2 heterocycles. The first-order valence-electron chi connectivity index (χ1n) is 10.3. The second-order valence-electron chi connectivity index (χ2n) is 8.95. The summed E-state index contributed by atoms with van der Waals surface area (Å²) in [6.07, 6.45) is 0.295. The van der Waals surface area contributed by atoms with Gasteiger partial charge in [0.2, 0.25) is 5.91 Å². The fourth-order valence-corrected chi connectivity index (χ4v) is 3.62. The van der Waals surface area contributed by atoms with Crippen LogP contribution >= 0.6 is 0 Å². The number of amides is 3. The zero-order chi connectivity index (χ0) is 22.1. The molecule has 8 nitrogen and oxygen atoms in total. The van der Waals surface area contributed by atoms with Gasteiger partial charge in [-0.2, -0.15) is 0 Å². The van der Waals surface area contributed by atoms with Crippen LogP contribution < -0.4 is 5.32 Å². The van der Waals surface area contributed by atoms with Crippen molar-refractivity contribution in [2.45, 2.75) is 59.2 Å². The van der Waals surface area contributed by atoms with Gasteiger partial charge in [0.15, 0.2) is 6.23 Å². The molecule has 0 unspecified atom stereocenters. The van der Waals surface area contributed by atoms with Crippen LogP contribution in [0.25, 0.3) is 0 Å². The van der Waals surface area contributed by atoms with E-state index in [9.17, 15) is 19.2 Å². The molecule has 2 aliphatic heterocycles. The third-order valence-corrected chi connectivity index (χ3v) is 5.38. The Hall–Kier alpha value is -2.90. The highest BCUT2D eigenvalue weighted by Crippen LogP contribution is 2.29. The summed E-state index contributed by atoms with van der Waals surface area (Å²) in [4.78, 5) is 51.4. The zero-order valence-electron chi connectivity index (χ0n) is 17.9. The van der Waals surface area contributed by atoms with Gasteiger partial charge >= 0.3 is 5.97 Å². The number of ether oxygens (including phenoxy) is 1. The average Bonchev–Trinajstić information content (AvgIpc) is 2.78. The Kier molecular flexibility index (Phi) is 6.14. The predicted molar refractivity (Wildman–Crippen MR) is 109 cm³/mol. The number of fused-ring (bicyclic) bond motifs is 1. The van der Waals surface area contributed by atoms with Gasteiger partial charge in [-0.05, 0) is 45.2 Å². The number of esters is 1. The summed E-state index contributed by atoms with van der Waals surface area (Å²) in [5.41, 5.74) is -0.311. The maximum Gasteiger partial charge on any atom is 0.313 e. The molecule has 0 radical (unpaired) electrons. The summed E-state index contributed by atoms with van der Waals surface area (Å²) in [5, 5.41) is 5.40. The van der Waals surface area contributed by atoms with Gasteiger partial charge in [-0.25, -0.2) is 10.0 Å². The molecule has 0 aromatic heterocycles. The van der Waals surface area contributed by atoms with Crippen molar-refractivity contribution < 1.29 is 23.9 Å². The van der Waals surface area contributed by atoms with Crippen LogP contribution in [0, 0.1) is 11.3 Å². The van der Waals surface area contributed by atoms with E-state index in [-0.39, 0.29) is 18.2 Å². The van der Waals surface area contributed by atoms with Crippen LogP contribution in [0.15, 0.2) is 30.3 Å². The van der Waals surface area contributed by atoms with Crippen molar-refractivity contribution in [2.24, 2.45) is 11.3 Å². The smallest absolute Gasteiger partial charge is 0.313 e. The molecule has 0 aliphatic carbocycles. The Balaban J connectivity index is 1.87. The second-order valence-corrected chi connectivity index (χ2v) is 8.95. The minimum absolute atomic E-state index is 0.113. The van der Waals surface area contributed by atoms with E-state index >= 15 is 0 Å². The number of benzene rings is 1. The van der Waals surface area contributed by atoms with Crippen molar-refractivity contribution in [1.29, 1.82) is 0 Å². The van der Waals surface area contributed by atoms with Gasteiger partial charge < -0.3 is 10.1 Å². The van der Waals surface area contributed by atoms with Gasteiger partial charge in [0.05, 0.1) is 5.41 Å². The predicted octanol–water partition coefficient (Wildman–Crippen LogP) is 2.11. The number of hydrogen-bond acceptors (Lipinski definition) is 5. The van der Waals surface area contributed by atoms with Crippen LogP contribution in [-0.2, 0) is 19.1 Å². The standard InChI is InChI=1S/C22H29N3O5/c1-14-13-16(26)24-12-8-11-17(30-21(29)22(2,3)4)25(24)20(28)18(14)23-19(27)15-9-6-5-7-10-15/h5-7,9-10,14,17-18H,8,11-13H2,1-4H3,(H,23,27)/t14-,17+,18-/m0/s1. The molecule has 2 saturated heterocycles. The largest absolute Gasteiger partial charge is 0.439 e. The summed E-state index contributed by atoms with van der Waals surface area (Å²) >= 11 is 0. The Morgan fingerprint density at radius 1 is 1.13 bits per heavy atom. The number of nitrogens with zero attached hydrogens (tertiary/aromatic N) is 2. The number of carbonyl (C=O) groups excluding carboxylic acids is 4. The molecule has 30 heavy (non-hydrogen) atoms. The SMILES string of the molecule is C[C@H]1CC(=O)N2CCC[C@@H](OC(=O)C(C)(C)C)N2C(=O)[C@H]1NC(=O)c1ccccc1. The van der Waals surface area contributed by atoms with E-state index in [0.29, 0.717) is 24.9 Å². The summed E-state index contributed by atoms with van der Waals surface area (Å²) < 4.78 is 5.63. The topological polar surface area (TPSA) is 96.0 Å². The maximum absolute atomic E-state index is 13.5. The van der Waals surface area contributed by atoms with Gasteiger partial charge in [-0.3, -0.25) is 19.2 Å². The van der Waals surface area contributed by atoms with Gasteiger partial charge in [-0.15, -0.1) is 0 Å². The summed E-state index contributed by atoms with van der Waals surface area (Å²) in [6, 6.07) is 7.70. The van der Waals surface area contributed by atoms with Crippen molar-refractivity contribution >= 4 is 23.7 Å². The van der Waals surface area contributed by atoms with Crippen LogP contribution in [0.2, 0.25) is 0 Å². The van der Waals surface area contributed by atoms with Gasteiger partial charge in [0.25, 0.3) is 11.8 Å². The Morgan fingerprint density at radius 3 is 2.43 bits per heavy atom. The van der Waals surface area contributed by atoms with Crippen molar-refractivity contribution in [3.05, 3.63) is 35.9 Å². The number of carbonyl (C=O) groups is 4. The maximum atomic E-state index is 13.5. The molecule has 3 atom stereocenters. The third-order valence-electron chi connectivity index (χ3n) is 5.38. The van der Waals surface area contributed by atoms with Crippen molar-refractivity contribution in [2.75, 3.05) is 6.54 Å². The fraction of sp³-hybridized carbons (Fsp3) is 0.545. The van der Waals surface area contributed by atoms with E-state index in [1.165, 1.54) is 10.0 Å². The normalized spacial score (nSPS) is 24.7. The van der Waals surface area contributed by atoms with Crippen molar-refractivity contribution in [3.8, 4) is 0 Å². The van der Waals surface area contributed by atoms with Crippen LogP contribution in [0.3, 0.4) is 0 Å². The van der Waals surface area contributed by atoms with E-state index in [1.54, 1.807) is 58.0 Å². The van der Waals surface area contributed by atoms with Crippen LogP contribution in [0.1, 0.15) is 57.3 Å². The Morgan fingerprint density at radius 2 is 1.80 bits per heavy atom. The van der Waals surface area contributed by atoms with Crippen molar-refractivity contribution in [1.82, 2.24) is 15.3 Å². The molecule has 1 N–H and O–H groups in total. The van der Waals surface area contributed by atoms with Crippen LogP contribution in [0.4, 0.5) is 0 Å². The molecule has 2 aliphatic rings. The number of hydrazine groups is 1. The molecule has 3 rings (SSSR count). The molecular formula is C22H29N3O5. The lowest BCUT2D eigenvalue weighted by molar-refractivity contribution is -0.210. The molecule has 1 aromatic rings. The summed E-state index contributed by atoms with van der Waals surface area (Å²) in [6.45, 7) is 7.34. The molecule has 8 heteroatoms. The Labute approximate surface area is 176 Å². The molecule has 2 fully saturated rings. The number of hydrogen-bond donors (Lipinski definition) is 1. The van der Waals surface area contributed by atoms with Gasteiger partial charge in [0.1, 0.15) is 6.04 Å². The van der Waals surface area contributed by atoms with Gasteiger partial charge in [0, 0.05) is 24.9 Å². The van der Waals surface area contributed by atoms with E-state index in [1.807, 2.05) is 0 Å². The highest BCUT2D eigenvalue weighted by molar-refractivity contribution is 5.98. The molecule has 3 amide bonds. The minimum atomic E-state index is -0.902. The highest BCUT2D eigenvalue weighted by Gasteiger charge is 2.46. The molecule has 0 spiro atoms. The fourth-order valence-electron chi connectivity index (χ4n) is 3.62. The van der Waals surface area contributed by atoms with E-state index in [0.717, 1.165) is 0 Å². The van der Waals surface area contributed by atoms with Crippen LogP contribution in [-0.4, -0.2) is 52.5 Å². The molecule has 162 valence electrons. The highest BCUT2D eigenvalue weighted by atomic mass is 16.6. The molecule has 0 bridgehead atoms. The Bertz CT molecular complexity index is 833. The minimum Gasteiger partial charge on any atom is -0.439 e. The first-order valence-corrected chi connectivity index (χ1v) is 10.3. The number of nitrogens with one attached hydrogen (secondary N) is 1. The van der Waals surface area contributed by atoms with E-state index < -0.39 is 35.5 Å². The zero-order valence-corrected chi connectivity index (χ0v) is 17.9. The lowest BCUT2D eigenvalue weighted by atomic mass is 9.97. The van der Waals surface area contributed by atoms with Crippen molar-refractivity contribution in [3.63, 3.8) is 0 Å². The summed E-state index contributed by atoms with van der Waals surface area (Å²) in [7, 11) is 0.